The summed E-state index contributed by atoms with van der Waals surface area (Å²) in [5.41, 5.74) is 0.830. The Kier molecular flexibility index (Phi) is 1.36. The third-order valence-corrected chi connectivity index (χ3v) is 1.48. The Balaban J connectivity index is 2.68. The first-order valence-electron chi connectivity index (χ1n) is 3.19. The van der Waals surface area contributed by atoms with Gasteiger partial charge in [0.2, 0.25) is 0 Å². The first-order valence-corrected chi connectivity index (χ1v) is 3.19. The molecule has 0 radical (unpaired) electrons. The van der Waals surface area contributed by atoms with E-state index in [-0.39, 0.29) is 5.56 Å². The fraction of sp³-hybridized carbons (Fsp3) is 0. The molecule has 0 bridgehead atoms. The largest absolute Gasteiger partial charge is 0.332 e. The highest BCUT2D eigenvalue weighted by atomic mass is 19.1. The second kappa shape index (κ2) is 2.37. The lowest BCUT2D eigenvalue weighted by Gasteiger charge is -1.88. The Hall–Kier alpha value is -1.78. The van der Waals surface area contributed by atoms with E-state index in [2.05, 4.69) is 14.9 Å². The van der Waals surface area contributed by atoms with Crippen molar-refractivity contribution in [3.63, 3.8) is 0 Å². The fourth-order valence-corrected chi connectivity index (χ4v) is 0.904. The van der Waals surface area contributed by atoms with Crippen molar-refractivity contribution in [1.29, 1.82) is 0 Å². The van der Waals surface area contributed by atoms with Crippen LogP contribution in [0.2, 0.25) is 0 Å². The summed E-state index contributed by atoms with van der Waals surface area (Å²) in [6.07, 6.45) is 0. The molecule has 12 heavy (non-hydrogen) atoms. The SMILES string of the molecule is O=C(F)c1ccc2nonc2c1. The van der Waals surface area contributed by atoms with Gasteiger partial charge in [0.15, 0.2) is 0 Å². The molecule has 1 heterocycles. The van der Waals surface area contributed by atoms with E-state index in [4.69, 9.17) is 0 Å². The maximum absolute atomic E-state index is 12.2. The van der Waals surface area contributed by atoms with Crippen molar-refractivity contribution in [3.05, 3.63) is 23.8 Å². The number of benzene rings is 1. The van der Waals surface area contributed by atoms with E-state index in [0.29, 0.717) is 11.0 Å². The predicted octanol–water partition coefficient (Wildman–Crippen LogP) is 1.33. The van der Waals surface area contributed by atoms with Crippen molar-refractivity contribution in [2.24, 2.45) is 0 Å². The molecule has 2 rings (SSSR count). The third-order valence-electron chi connectivity index (χ3n) is 1.48. The molecule has 2 aromatic rings. The molecule has 1 aromatic heterocycles. The quantitative estimate of drug-likeness (QED) is 0.599. The van der Waals surface area contributed by atoms with Crippen molar-refractivity contribution < 1.29 is 13.8 Å². The van der Waals surface area contributed by atoms with Crippen LogP contribution in [0.5, 0.6) is 0 Å². The smallest absolute Gasteiger partial charge is 0.255 e. The van der Waals surface area contributed by atoms with Crippen LogP contribution in [0.15, 0.2) is 22.8 Å². The molecule has 0 N–H and O–H groups in total. The van der Waals surface area contributed by atoms with Crippen molar-refractivity contribution in [2.75, 3.05) is 0 Å². The third kappa shape index (κ3) is 0.952. The summed E-state index contributed by atoms with van der Waals surface area (Å²) in [7, 11) is 0. The zero-order valence-corrected chi connectivity index (χ0v) is 5.82. The second-order valence-electron chi connectivity index (χ2n) is 2.24. The van der Waals surface area contributed by atoms with Crippen molar-refractivity contribution in [1.82, 2.24) is 10.3 Å². The molecular formula is C7H3FN2O2. The van der Waals surface area contributed by atoms with Crippen LogP contribution in [-0.4, -0.2) is 16.4 Å². The average Bonchev–Trinajstić information content (AvgIpc) is 2.49. The van der Waals surface area contributed by atoms with E-state index >= 15 is 0 Å². The van der Waals surface area contributed by atoms with E-state index in [9.17, 15) is 9.18 Å². The van der Waals surface area contributed by atoms with E-state index in [1.54, 1.807) is 0 Å². The lowest BCUT2D eigenvalue weighted by atomic mass is 10.2. The lowest BCUT2D eigenvalue weighted by molar-refractivity contribution is 0.0836. The van der Waals surface area contributed by atoms with Gasteiger partial charge < -0.3 is 0 Å². The minimum absolute atomic E-state index is 0.0433. The van der Waals surface area contributed by atoms with Gasteiger partial charge in [0.25, 0.3) is 0 Å². The highest BCUT2D eigenvalue weighted by molar-refractivity contribution is 5.92. The molecule has 60 valence electrons. The topological polar surface area (TPSA) is 56.0 Å². The lowest BCUT2D eigenvalue weighted by Crippen LogP contribution is -1.88. The van der Waals surface area contributed by atoms with E-state index in [1.807, 2.05) is 0 Å². The molecule has 0 saturated carbocycles. The summed E-state index contributed by atoms with van der Waals surface area (Å²) >= 11 is 0. The summed E-state index contributed by atoms with van der Waals surface area (Å²) in [6, 6.07) is 2.60. The maximum Gasteiger partial charge on any atom is 0.332 e. The molecule has 0 saturated heterocycles. The number of nitrogens with zero attached hydrogens (tertiary/aromatic N) is 2. The normalized spacial score (nSPS) is 10.4. The second-order valence-corrected chi connectivity index (χ2v) is 2.24. The Labute approximate surface area is 65.9 Å². The van der Waals surface area contributed by atoms with Gasteiger partial charge in [-0.05, 0) is 28.5 Å². The van der Waals surface area contributed by atoms with Gasteiger partial charge in [-0.1, -0.05) is 0 Å². The number of aromatic nitrogens is 2. The van der Waals surface area contributed by atoms with Crippen LogP contribution in [0.1, 0.15) is 10.4 Å². The summed E-state index contributed by atoms with van der Waals surface area (Å²) in [6.45, 7) is 0. The molecule has 0 spiro atoms. The minimum Gasteiger partial charge on any atom is -0.255 e. The number of halogens is 1. The molecule has 1 aromatic carbocycles. The zero-order valence-electron chi connectivity index (χ0n) is 5.82. The monoisotopic (exact) mass is 166 g/mol. The molecule has 0 aliphatic carbocycles. The fourth-order valence-electron chi connectivity index (χ4n) is 0.904. The Morgan fingerprint density at radius 3 is 2.83 bits per heavy atom. The van der Waals surface area contributed by atoms with Gasteiger partial charge in [0, 0.05) is 0 Å². The van der Waals surface area contributed by atoms with Gasteiger partial charge in [-0.15, -0.1) is 0 Å². The van der Waals surface area contributed by atoms with Crippen LogP contribution in [0.3, 0.4) is 0 Å². The highest BCUT2D eigenvalue weighted by Gasteiger charge is 2.06. The number of hydrogen-bond donors (Lipinski definition) is 0. The van der Waals surface area contributed by atoms with Crippen LogP contribution in [-0.2, 0) is 0 Å². The Bertz CT molecular complexity index is 438. The van der Waals surface area contributed by atoms with Gasteiger partial charge >= 0.3 is 6.04 Å². The number of carbonyl (C=O) groups is 1. The van der Waals surface area contributed by atoms with Gasteiger partial charge in [-0.2, -0.15) is 4.39 Å². The molecule has 0 fully saturated rings. The minimum atomic E-state index is -1.49. The number of hydrogen-bond acceptors (Lipinski definition) is 4. The summed E-state index contributed by atoms with van der Waals surface area (Å²) in [5.74, 6) is 0. The van der Waals surface area contributed by atoms with E-state index in [0.717, 1.165) is 0 Å². The molecule has 0 unspecified atom stereocenters. The average molecular weight is 166 g/mol. The van der Waals surface area contributed by atoms with Gasteiger partial charge in [-0.25, -0.2) is 4.63 Å². The first-order chi connectivity index (χ1) is 5.77. The number of fused-ring (bicyclic) bond motifs is 1. The molecule has 5 heteroatoms. The van der Waals surface area contributed by atoms with Crippen LogP contribution >= 0.6 is 0 Å². The molecule has 0 amide bonds. The number of carbonyl (C=O) groups excluding carboxylic acids is 1. The first kappa shape index (κ1) is 6.90. The predicted molar refractivity (Wildman–Crippen MR) is 37.2 cm³/mol. The van der Waals surface area contributed by atoms with Crippen LogP contribution in [0, 0.1) is 0 Å². The summed E-state index contributed by atoms with van der Waals surface area (Å²) in [5, 5.41) is 6.96. The standard InChI is InChI=1S/C7H3FN2O2/c8-7(11)4-1-2-5-6(3-4)10-12-9-5/h1-3H. The zero-order chi connectivity index (χ0) is 8.55. The van der Waals surface area contributed by atoms with Crippen LogP contribution in [0.4, 0.5) is 4.39 Å². The van der Waals surface area contributed by atoms with E-state index in [1.165, 1.54) is 18.2 Å². The maximum atomic E-state index is 12.2. The Morgan fingerprint density at radius 1 is 1.33 bits per heavy atom. The van der Waals surface area contributed by atoms with Crippen LogP contribution < -0.4 is 0 Å². The Morgan fingerprint density at radius 2 is 2.08 bits per heavy atom. The van der Waals surface area contributed by atoms with Gasteiger partial charge in [-0.3, -0.25) is 4.79 Å². The highest BCUT2D eigenvalue weighted by Crippen LogP contribution is 2.11. The van der Waals surface area contributed by atoms with Crippen molar-refractivity contribution in [2.45, 2.75) is 0 Å². The van der Waals surface area contributed by atoms with Gasteiger partial charge in [0.1, 0.15) is 11.0 Å². The number of rotatable bonds is 1. The molecular weight excluding hydrogens is 163 g/mol. The van der Waals surface area contributed by atoms with E-state index < -0.39 is 6.04 Å². The summed E-state index contributed by atoms with van der Waals surface area (Å²) in [4.78, 5) is 10.3. The summed E-state index contributed by atoms with van der Waals surface area (Å²) < 4.78 is 16.5. The molecule has 0 aliphatic heterocycles. The molecule has 0 atom stereocenters. The molecule has 4 nitrogen and oxygen atoms in total. The van der Waals surface area contributed by atoms with Crippen LogP contribution in [0.25, 0.3) is 11.0 Å². The van der Waals surface area contributed by atoms with Crippen molar-refractivity contribution in [3.8, 4) is 0 Å². The van der Waals surface area contributed by atoms with Crippen molar-refractivity contribution >= 4 is 17.1 Å². The molecule has 0 aliphatic rings. The van der Waals surface area contributed by atoms with Gasteiger partial charge in [0.05, 0.1) is 5.56 Å².